The highest BCUT2D eigenvalue weighted by Crippen LogP contribution is 2.45. The Hall–Kier alpha value is -4.24. The van der Waals surface area contributed by atoms with Crippen molar-refractivity contribution in [3.63, 3.8) is 0 Å². The SMILES string of the molecule is CCC(=O)Nc1ccc(N2C(=S)N[C@@H](c3ccccn3)[C@H]2c2cc(C)n(-c3cccnc3)c2C)cc1OC. The maximum atomic E-state index is 12.0. The molecular weight excluding hydrogens is 496 g/mol. The first-order chi connectivity index (χ1) is 18.4. The predicted octanol–water partition coefficient (Wildman–Crippen LogP) is 5.42. The summed E-state index contributed by atoms with van der Waals surface area (Å²) in [7, 11) is 1.59. The van der Waals surface area contributed by atoms with Crippen molar-refractivity contribution < 1.29 is 9.53 Å². The number of hydrogen-bond donors (Lipinski definition) is 2. The first-order valence-corrected chi connectivity index (χ1v) is 12.9. The number of rotatable bonds is 7. The molecule has 2 atom stereocenters. The Morgan fingerprint density at radius 2 is 1.95 bits per heavy atom. The van der Waals surface area contributed by atoms with E-state index in [9.17, 15) is 4.79 Å². The average molecular weight is 527 g/mol. The number of nitrogens with one attached hydrogen (secondary N) is 2. The molecule has 38 heavy (non-hydrogen) atoms. The summed E-state index contributed by atoms with van der Waals surface area (Å²) in [6.07, 6.45) is 5.82. The highest BCUT2D eigenvalue weighted by molar-refractivity contribution is 7.80. The molecule has 1 fully saturated rings. The van der Waals surface area contributed by atoms with E-state index in [0.717, 1.165) is 34.0 Å². The van der Waals surface area contributed by atoms with Crippen molar-refractivity contribution in [3.8, 4) is 11.4 Å². The number of aryl methyl sites for hydroxylation is 1. The van der Waals surface area contributed by atoms with Crippen LogP contribution in [0, 0.1) is 13.8 Å². The van der Waals surface area contributed by atoms with Crippen LogP contribution >= 0.6 is 12.2 Å². The number of amides is 1. The number of nitrogens with zero attached hydrogens (tertiary/aromatic N) is 4. The second-order valence-corrected chi connectivity index (χ2v) is 9.54. The molecule has 0 aliphatic carbocycles. The molecule has 4 heterocycles. The Balaban J connectivity index is 1.64. The van der Waals surface area contributed by atoms with Crippen molar-refractivity contribution in [3.05, 3.63) is 95.8 Å². The second kappa shape index (κ2) is 10.6. The molecule has 4 aromatic rings. The van der Waals surface area contributed by atoms with Crippen LogP contribution in [0.25, 0.3) is 5.69 Å². The third kappa shape index (κ3) is 4.61. The van der Waals surface area contributed by atoms with Gasteiger partial charge < -0.3 is 24.8 Å². The first kappa shape index (κ1) is 25.4. The van der Waals surface area contributed by atoms with Crippen LogP contribution in [0.4, 0.5) is 11.4 Å². The highest BCUT2D eigenvalue weighted by Gasteiger charge is 2.42. The highest BCUT2D eigenvalue weighted by atomic mass is 32.1. The number of benzene rings is 1. The van der Waals surface area contributed by atoms with Gasteiger partial charge in [-0.25, -0.2) is 0 Å². The van der Waals surface area contributed by atoms with E-state index >= 15 is 0 Å². The Morgan fingerprint density at radius 1 is 1.11 bits per heavy atom. The smallest absolute Gasteiger partial charge is 0.224 e. The van der Waals surface area contributed by atoms with Crippen LogP contribution in [0.3, 0.4) is 0 Å². The van der Waals surface area contributed by atoms with Crippen LogP contribution in [-0.2, 0) is 4.79 Å². The maximum Gasteiger partial charge on any atom is 0.224 e. The standard InChI is InChI=1S/C29H30N6O2S/c1-5-26(36)32-23-12-11-20(16-25(23)37-4)35-28(27(33-29(35)38)24-10-6-7-14-31-24)22-15-18(2)34(19(22)3)21-9-8-13-30-17-21/h6-17,27-28H,5H2,1-4H3,(H,32,36)(H,33,38)/t27-,28+/m0/s1. The van der Waals surface area contributed by atoms with E-state index in [-0.39, 0.29) is 18.0 Å². The van der Waals surface area contributed by atoms with E-state index in [2.05, 4.69) is 56.0 Å². The minimum absolute atomic E-state index is 0.0784. The fourth-order valence-corrected chi connectivity index (χ4v) is 5.44. The van der Waals surface area contributed by atoms with Crippen molar-refractivity contribution in [2.45, 2.75) is 39.3 Å². The van der Waals surface area contributed by atoms with Gasteiger partial charge in [-0.05, 0) is 74.1 Å². The maximum absolute atomic E-state index is 12.0. The molecule has 9 heteroatoms. The summed E-state index contributed by atoms with van der Waals surface area (Å²) in [4.78, 5) is 23.1. The fourth-order valence-electron chi connectivity index (χ4n) is 5.09. The van der Waals surface area contributed by atoms with Gasteiger partial charge in [-0.1, -0.05) is 13.0 Å². The molecule has 1 aromatic carbocycles. The number of methoxy groups -OCH3 is 1. The van der Waals surface area contributed by atoms with Crippen LogP contribution in [0.2, 0.25) is 0 Å². The Morgan fingerprint density at radius 3 is 2.63 bits per heavy atom. The van der Waals surface area contributed by atoms with E-state index in [4.69, 9.17) is 17.0 Å². The zero-order valence-electron chi connectivity index (χ0n) is 21.8. The zero-order chi connectivity index (χ0) is 26.8. The van der Waals surface area contributed by atoms with Gasteiger partial charge in [0.05, 0.1) is 42.5 Å². The monoisotopic (exact) mass is 526 g/mol. The number of pyridine rings is 2. The van der Waals surface area contributed by atoms with E-state index in [1.165, 1.54) is 0 Å². The van der Waals surface area contributed by atoms with Gasteiger partial charge in [0.25, 0.3) is 0 Å². The molecule has 1 amide bonds. The summed E-state index contributed by atoms with van der Waals surface area (Å²) in [6, 6.07) is 17.5. The number of ether oxygens (including phenoxy) is 1. The lowest BCUT2D eigenvalue weighted by Crippen LogP contribution is -2.29. The molecular formula is C29H30N6O2S. The van der Waals surface area contributed by atoms with Gasteiger partial charge in [0, 0.05) is 42.0 Å². The van der Waals surface area contributed by atoms with Crippen LogP contribution in [0.15, 0.2) is 73.2 Å². The summed E-state index contributed by atoms with van der Waals surface area (Å²) < 4.78 is 7.86. The lowest BCUT2D eigenvalue weighted by molar-refractivity contribution is -0.115. The van der Waals surface area contributed by atoms with Gasteiger partial charge in [-0.2, -0.15) is 0 Å². The molecule has 5 rings (SSSR count). The predicted molar refractivity (Wildman–Crippen MR) is 153 cm³/mol. The summed E-state index contributed by atoms with van der Waals surface area (Å²) in [5, 5.41) is 7.01. The van der Waals surface area contributed by atoms with E-state index in [1.807, 2.05) is 55.6 Å². The van der Waals surface area contributed by atoms with Crippen molar-refractivity contribution in [2.24, 2.45) is 0 Å². The molecule has 1 saturated heterocycles. The molecule has 2 N–H and O–H groups in total. The number of carbonyl (C=O) groups excluding carboxylic acids is 1. The van der Waals surface area contributed by atoms with E-state index in [1.54, 1.807) is 19.5 Å². The van der Waals surface area contributed by atoms with Crippen molar-refractivity contribution in [1.82, 2.24) is 19.9 Å². The lowest BCUT2D eigenvalue weighted by Gasteiger charge is -2.29. The van der Waals surface area contributed by atoms with Gasteiger partial charge in [0.1, 0.15) is 5.75 Å². The number of carbonyl (C=O) groups is 1. The normalized spacial score (nSPS) is 16.8. The van der Waals surface area contributed by atoms with E-state index < -0.39 is 0 Å². The van der Waals surface area contributed by atoms with Gasteiger partial charge in [0.2, 0.25) is 5.91 Å². The molecule has 0 radical (unpaired) electrons. The molecule has 1 aliphatic heterocycles. The summed E-state index contributed by atoms with van der Waals surface area (Å²) >= 11 is 5.91. The number of anilines is 2. The van der Waals surface area contributed by atoms with Gasteiger partial charge in [-0.15, -0.1) is 0 Å². The van der Waals surface area contributed by atoms with Crippen LogP contribution in [-0.4, -0.2) is 32.7 Å². The van der Waals surface area contributed by atoms with Crippen molar-refractivity contribution in [2.75, 3.05) is 17.3 Å². The number of hydrogen-bond acceptors (Lipinski definition) is 5. The molecule has 8 nitrogen and oxygen atoms in total. The second-order valence-electron chi connectivity index (χ2n) is 9.16. The van der Waals surface area contributed by atoms with Crippen LogP contribution < -0.4 is 20.3 Å². The third-order valence-corrected chi connectivity index (χ3v) is 7.16. The minimum Gasteiger partial charge on any atom is -0.494 e. The van der Waals surface area contributed by atoms with Crippen molar-refractivity contribution >= 4 is 34.6 Å². The van der Waals surface area contributed by atoms with E-state index in [0.29, 0.717) is 23.0 Å². The topological polar surface area (TPSA) is 84.3 Å². The molecule has 0 unspecified atom stereocenters. The molecule has 0 spiro atoms. The molecule has 0 bridgehead atoms. The average Bonchev–Trinajstić information content (AvgIpc) is 3.44. The van der Waals surface area contributed by atoms with Crippen LogP contribution in [0.1, 0.15) is 48.1 Å². The lowest BCUT2D eigenvalue weighted by atomic mass is 9.96. The Bertz CT molecular complexity index is 1470. The molecule has 1 aliphatic rings. The summed E-state index contributed by atoms with van der Waals surface area (Å²) in [5.74, 6) is 0.485. The number of thiocarbonyl (C=S) groups is 1. The quantitative estimate of drug-likeness (QED) is 0.311. The Labute approximate surface area is 227 Å². The molecule has 194 valence electrons. The molecule has 3 aromatic heterocycles. The fraction of sp³-hybridized carbons (Fsp3) is 0.241. The third-order valence-electron chi connectivity index (χ3n) is 6.85. The minimum atomic E-state index is -0.185. The number of aromatic nitrogens is 3. The van der Waals surface area contributed by atoms with Gasteiger partial charge in [-0.3, -0.25) is 14.8 Å². The Kier molecular flexibility index (Phi) is 7.11. The largest absolute Gasteiger partial charge is 0.494 e. The molecule has 0 saturated carbocycles. The zero-order valence-corrected chi connectivity index (χ0v) is 22.6. The van der Waals surface area contributed by atoms with Gasteiger partial charge in [0.15, 0.2) is 5.11 Å². The summed E-state index contributed by atoms with van der Waals surface area (Å²) in [5.41, 5.74) is 6.68. The van der Waals surface area contributed by atoms with Crippen molar-refractivity contribution in [1.29, 1.82) is 0 Å². The van der Waals surface area contributed by atoms with Crippen LogP contribution in [0.5, 0.6) is 5.75 Å². The first-order valence-electron chi connectivity index (χ1n) is 12.5. The summed E-state index contributed by atoms with van der Waals surface area (Å²) in [6.45, 7) is 6.03. The van der Waals surface area contributed by atoms with Gasteiger partial charge >= 0.3 is 0 Å².